The molecule has 2 aromatic carbocycles. The van der Waals surface area contributed by atoms with E-state index in [1.54, 1.807) is 6.26 Å². The van der Waals surface area contributed by atoms with Gasteiger partial charge in [-0.3, -0.25) is 9.59 Å². The van der Waals surface area contributed by atoms with Crippen LogP contribution in [-0.2, 0) is 17.6 Å². The van der Waals surface area contributed by atoms with Crippen LogP contribution in [0.4, 0.5) is 5.69 Å². The average molecular weight is 539 g/mol. The molecule has 0 spiro atoms. The summed E-state index contributed by atoms with van der Waals surface area (Å²) >= 11 is 0. The number of benzene rings is 2. The van der Waals surface area contributed by atoms with Gasteiger partial charge in [-0.25, -0.2) is 5.43 Å². The molecule has 2 amide bonds. The van der Waals surface area contributed by atoms with Gasteiger partial charge in [-0.2, -0.15) is 5.10 Å². The number of amides is 2. The highest BCUT2D eigenvalue weighted by Crippen LogP contribution is 2.31. The summed E-state index contributed by atoms with van der Waals surface area (Å²) in [5.74, 6) is 0.862. The Morgan fingerprint density at radius 3 is 2.55 bits per heavy atom. The summed E-state index contributed by atoms with van der Waals surface area (Å²) in [6.07, 6.45) is 4.13. The predicted octanol–water partition coefficient (Wildman–Crippen LogP) is 5.31. The van der Waals surface area contributed by atoms with Crippen LogP contribution < -0.4 is 10.3 Å². The smallest absolute Gasteiger partial charge is 0.289 e. The number of hydrazone groups is 1. The van der Waals surface area contributed by atoms with Crippen molar-refractivity contribution in [1.29, 1.82) is 0 Å². The van der Waals surface area contributed by atoms with E-state index in [2.05, 4.69) is 33.6 Å². The zero-order valence-corrected chi connectivity index (χ0v) is 23.3. The van der Waals surface area contributed by atoms with E-state index in [-0.39, 0.29) is 18.2 Å². The Balaban J connectivity index is 1.15. The number of aryl methyl sites for hydroxylation is 3. The molecule has 1 aliphatic heterocycles. The number of carbonyl (C=O) groups is 2. The summed E-state index contributed by atoms with van der Waals surface area (Å²) < 4.78 is 11.9. The first-order chi connectivity index (χ1) is 19.4. The molecule has 8 heteroatoms. The number of hydrogen-bond donors (Lipinski definition) is 1. The third kappa shape index (κ3) is 4.90. The molecule has 40 heavy (non-hydrogen) atoms. The molecule has 1 saturated heterocycles. The van der Waals surface area contributed by atoms with E-state index in [1.807, 2.05) is 49.9 Å². The standard InChI is InChI=1S/C32H34N4O4/c1-20-16-21(2)29-23(19-39-27(29)17-20)18-28(37)34-33-25-10-7-11-26-30(25)22(3)31(40-26)32(38)36-14-12-35(13-15-36)24-8-5-4-6-9-24/h4-6,8-9,16-17,19H,7,10-15,18H2,1-3H3,(H,34,37)/b33-25+. The molecular weight excluding hydrogens is 504 g/mol. The number of anilines is 1. The normalized spacial score (nSPS) is 16.4. The molecule has 2 aliphatic rings. The zero-order valence-electron chi connectivity index (χ0n) is 23.3. The number of furan rings is 2. The second-order valence-electron chi connectivity index (χ2n) is 10.8. The lowest BCUT2D eigenvalue weighted by Gasteiger charge is -2.35. The topological polar surface area (TPSA) is 91.3 Å². The van der Waals surface area contributed by atoms with Crippen molar-refractivity contribution in [3.63, 3.8) is 0 Å². The summed E-state index contributed by atoms with van der Waals surface area (Å²) in [6, 6.07) is 14.3. The summed E-state index contributed by atoms with van der Waals surface area (Å²) in [4.78, 5) is 30.5. The molecule has 206 valence electrons. The van der Waals surface area contributed by atoms with E-state index >= 15 is 0 Å². The molecule has 0 radical (unpaired) electrons. The fraction of sp³-hybridized carbons (Fsp3) is 0.344. The maximum absolute atomic E-state index is 13.5. The fourth-order valence-electron chi connectivity index (χ4n) is 6.03. The molecular formula is C32H34N4O4. The number of rotatable bonds is 5. The third-order valence-electron chi connectivity index (χ3n) is 7.97. The van der Waals surface area contributed by atoms with Gasteiger partial charge >= 0.3 is 0 Å². The Morgan fingerprint density at radius 2 is 1.77 bits per heavy atom. The monoisotopic (exact) mass is 538 g/mol. The van der Waals surface area contributed by atoms with Gasteiger partial charge in [0, 0.05) is 60.4 Å². The number of hydrogen-bond acceptors (Lipinski definition) is 6. The van der Waals surface area contributed by atoms with Crippen LogP contribution in [-0.4, -0.2) is 48.6 Å². The van der Waals surface area contributed by atoms with E-state index in [0.29, 0.717) is 25.3 Å². The lowest BCUT2D eigenvalue weighted by atomic mass is 9.93. The van der Waals surface area contributed by atoms with Crippen molar-refractivity contribution in [1.82, 2.24) is 10.3 Å². The molecule has 1 N–H and O–H groups in total. The van der Waals surface area contributed by atoms with Gasteiger partial charge in [0.05, 0.1) is 18.4 Å². The number of para-hydroxylation sites is 1. The maximum atomic E-state index is 13.5. The quantitative estimate of drug-likeness (QED) is 0.348. The molecule has 2 aromatic heterocycles. The number of piperazine rings is 1. The van der Waals surface area contributed by atoms with Gasteiger partial charge in [0.15, 0.2) is 5.76 Å². The van der Waals surface area contributed by atoms with Crippen LogP contribution in [0.15, 0.2) is 62.7 Å². The number of nitrogens with one attached hydrogen (secondary N) is 1. The van der Waals surface area contributed by atoms with Crippen LogP contribution in [0.5, 0.6) is 0 Å². The van der Waals surface area contributed by atoms with Crippen molar-refractivity contribution in [3.05, 3.63) is 88.1 Å². The SMILES string of the molecule is Cc1cc(C)c2c(CC(=O)N/N=C3\CCCc4oc(C(=O)N5CCN(c6ccccc6)CC5)c(C)c43)coc2c1. The molecule has 8 nitrogen and oxygen atoms in total. The summed E-state index contributed by atoms with van der Waals surface area (Å²) in [6.45, 7) is 8.80. The molecule has 0 bridgehead atoms. The van der Waals surface area contributed by atoms with Gasteiger partial charge in [-0.05, 0) is 62.9 Å². The minimum Gasteiger partial charge on any atom is -0.464 e. The predicted molar refractivity (Wildman–Crippen MR) is 155 cm³/mol. The Morgan fingerprint density at radius 1 is 1.00 bits per heavy atom. The van der Waals surface area contributed by atoms with E-state index in [9.17, 15) is 9.59 Å². The molecule has 1 aliphatic carbocycles. The van der Waals surface area contributed by atoms with Crippen LogP contribution in [0.1, 0.15) is 57.0 Å². The maximum Gasteiger partial charge on any atom is 0.289 e. The zero-order chi connectivity index (χ0) is 27.8. The fourth-order valence-corrected chi connectivity index (χ4v) is 6.03. The van der Waals surface area contributed by atoms with E-state index < -0.39 is 0 Å². The molecule has 3 heterocycles. The Hall–Kier alpha value is -4.33. The van der Waals surface area contributed by atoms with Crippen molar-refractivity contribution in [2.45, 2.75) is 46.5 Å². The van der Waals surface area contributed by atoms with Crippen LogP contribution in [0, 0.1) is 20.8 Å². The number of fused-ring (bicyclic) bond motifs is 2. The minimum absolute atomic E-state index is 0.0829. The van der Waals surface area contributed by atoms with Crippen molar-refractivity contribution in [3.8, 4) is 0 Å². The van der Waals surface area contributed by atoms with E-state index in [1.165, 1.54) is 5.69 Å². The highest BCUT2D eigenvalue weighted by atomic mass is 16.4. The Bertz CT molecular complexity index is 1610. The van der Waals surface area contributed by atoms with Crippen molar-refractivity contribution < 1.29 is 18.4 Å². The molecule has 0 saturated carbocycles. The van der Waals surface area contributed by atoms with Crippen LogP contribution in [0.3, 0.4) is 0 Å². The second-order valence-corrected chi connectivity index (χ2v) is 10.8. The number of nitrogens with zero attached hydrogens (tertiary/aromatic N) is 3. The first-order valence-corrected chi connectivity index (χ1v) is 13.9. The third-order valence-corrected chi connectivity index (χ3v) is 7.97. The van der Waals surface area contributed by atoms with Crippen molar-refractivity contribution in [2.75, 3.05) is 31.1 Å². The first-order valence-electron chi connectivity index (χ1n) is 13.9. The second kappa shape index (κ2) is 10.7. The summed E-state index contributed by atoms with van der Waals surface area (Å²) in [7, 11) is 0. The molecule has 0 atom stereocenters. The van der Waals surface area contributed by atoms with Crippen LogP contribution in [0.2, 0.25) is 0 Å². The van der Waals surface area contributed by atoms with Crippen molar-refractivity contribution >= 4 is 34.2 Å². The lowest BCUT2D eigenvalue weighted by Crippen LogP contribution is -2.48. The average Bonchev–Trinajstić information content (AvgIpc) is 3.53. The molecule has 6 rings (SSSR count). The Labute approximate surface area is 233 Å². The van der Waals surface area contributed by atoms with Crippen molar-refractivity contribution in [2.24, 2.45) is 5.10 Å². The van der Waals surface area contributed by atoms with Gasteiger partial charge in [-0.1, -0.05) is 24.3 Å². The largest absolute Gasteiger partial charge is 0.464 e. The van der Waals surface area contributed by atoms with Gasteiger partial charge in [-0.15, -0.1) is 0 Å². The van der Waals surface area contributed by atoms with Crippen LogP contribution >= 0.6 is 0 Å². The lowest BCUT2D eigenvalue weighted by molar-refractivity contribution is -0.120. The van der Waals surface area contributed by atoms with Crippen LogP contribution in [0.25, 0.3) is 11.0 Å². The van der Waals surface area contributed by atoms with E-state index in [0.717, 1.165) is 76.2 Å². The van der Waals surface area contributed by atoms with E-state index in [4.69, 9.17) is 8.83 Å². The minimum atomic E-state index is -0.212. The number of carbonyl (C=O) groups excluding carboxylic acids is 2. The molecule has 0 unspecified atom stereocenters. The highest BCUT2D eigenvalue weighted by molar-refractivity contribution is 6.06. The highest BCUT2D eigenvalue weighted by Gasteiger charge is 2.31. The summed E-state index contributed by atoms with van der Waals surface area (Å²) in [5.41, 5.74) is 10.2. The van der Waals surface area contributed by atoms with Gasteiger partial charge in [0.25, 0.3) is 5.91 Å². The summed E-state index contributed by atoms with van der Waals surface area (Å²) in [5, 5.41) is 5.48. The van der Waals surface area contributed by atoms with Gasteiger partial charge in [0.1, 0.15) is 11.3 Å². The first kappa shape index (κ1) is 25.9. The molecule has 1 fully saturated rings. The Kier molecular flexibility index (Phi) is 6.92. The van der Waals surface area contributed by atoms with Gasteiger partial charge in [0.2, 0.25) is 5.91 Å². The molecule has 4 aromatic rings. The van der Waals surface area contributed by atoms with Gasteiger partial charge < -0.3 is 18.6 Å².